The Kier molecular flexibility index (Phi) is 6.19. The second-order valence-electron chi connectivity index (χ2n) is 8.80. The van der Waals surface area contributed by atoms with Crippen molar-refractivity contribution in [2.75, 3.05) is 6.16 Å². The quantitative estimate of drug-likeness (QED) is 0.365. The van der Waals surface area contributed by atoms with E-state index < -0.39 is 13.2 Å². The number of hydrogen-bond donors (Lipinski definition) is 1. The van der Waals surface area contributed by atoms with Crippen molar-refractivity contribution in [3.8, 4) is 0 Å². The van der Waals surface area contributed by atoms with Crippen LogP contribution >= 0.6 is 7.26 Å². The summed E-state index contributed by atoms with van der Waals surface area (Å²) in [5, 5.41) is 14.6. The minimum Gasteiger partial charge on any atom is -0.507 e. The molecule has 0 saturated carbocycles. The van der Waals surface area contributed by atoms with Gasteiger partial charge in [0.15, 0.2) is 5.78 Å². The number of aliphatic hydroxyl groups excluding tert-OH is 1. The zero-order valence-corrected chi connectivity index (χ0v) is 20.4. The highest BCUT2D eigenvalue weighted by Gasteiger charge is 2.50. The van der Waals surface area contributed by atoms with E-state index in [1.54, 1.807) is 24.3 Å². The molecule has 4 heteroatoms. The summed E-state index contributed by atoms with van der Waals surface area (Å²) >= 11 is 0. The first kappa shape index (κ1) is 23.0. The maximum absolute atomic E-state index is 13.5. The van der Waals surface area contributed by atoms with Crippen molar-refractivity contribution in [1.29, 1.82) is 0 Å². The van der Waals surface area contributed by atoms with E-state index in [4.69, 9.17) is 0 Å². The van der Waals surface area contributed by atoms with Crippen molar-refractivity contribution >= 4 is 40.5 Å². The Morgan fingerprint density at radius 2 is 1.09 bits per heavy atom. The third-order valence-corrected chi connectivity index (χ3v) is 11.3. The third kappa shape index (κ3) is 3.92. The predicted octanol–water partition coefficient (Wildman–Crippen LogP) is 5.35. The molecule has 4 aromatic carbocycles. The van der Waals surface area contributed by atoms with Gasteiger partial charge in [0.25, 0.3) is 0 Å². The van der Waals surface area contributed by atoms with Crippen molar-refractivity contribution in [1.82, 2.24) is 0 Å². The molecule has 1 aliphatic carbocycles. The van der Waals surface area contributed by atoms with Crippen LogP contribution in [0.25, 0.3) is 5.76 Å². The first-order valence-corrected chi connectivity index (χ1v) is 13.6. The lowest BCUT2D eigenvalue weighted by atomic mass is 9.94. The van der Waals surface area contributed by atoms with Gasteiger partial charge >= 0.3 is 0 Å². The Labute approximate surface area is 206 Å². The molecule has 0 heterocycles. The highest BCUT2D eigenvalue weighted by molar-refractivity contribution is 7.95. The molecule has 5 rings (SSSR count). The first-order valence-electron chi connectivity index (χ1n) is 11.7. The molecule has 0 fully saturated rings. The molecule has 0 radical (unpaired) electrons. The second-order valence-corrected chi connectivity index (χ2v) is 12.3. The Hall–Kier alpha value is -3.81. The number of carbonyl (C=O) groups excluding carboxylic acids is 2. The van der Waals surface area contributed by atoms with Crippen LogP contribution in [0.4, 0.5) is 0 Å². The van der Waals surface area contributed by atoms with Crippen LogP contribution in [-0.2, 0) is 4.79 Å². The molecule has 172 valence electrons. The van der Waals surface area contributed by atoms with Gasteiger partial charge in [0.2, 0.25) is 0 Å². The maximum atomic E-state index is 13.5. The van der Waals surface area contributed by atoms with E-state index in [0.717, 1.165) is 15.9 Å². The van der Waals surface area contributed by atoms with Crippen LogP contribution in [0.2, 0.25) is 0 Å². The average Bonchev–Trinajstić information content (AvgIpc) is 3.16. The standard InChI is InChI=1S/C31H25O3P/c1-22(32)28(29-30(33)26-19-11-12-20-27(26)31(29)34)21-35(23-13-5-2-6-14-23,24-15-7-3-8-16-24)25-17-9-4-10-18-25/h2-20,28H,21H2,1H3/p+1. The summed E-state index contributed by atoms with van der Waals surface area (Å²) in [6.45, 7) is 1.52. The summed E-state index contributed by atoms with van der Waals surface area (Å²) in [5.74, 6) is -1.20. The summed E-state index contributed by atoms with van der Waals surface area (Å²) < 4.78 is 0. The molecule has 1 unspecified atom stereocenters. The number of Topliss-reactive ketones (excluding diaryl/α,β-unsaturated/α-hetero) is 2. The SMILES string of the molecule is CC(=O)C(C[P+](c1ccccc1)(c1ccccc1)c1ccccc1)C1=C(O)c2ccccc2C1=O. The molecule has 35 heavy (non-hydrogen) atoms. The van der Waals surface area contributed by atoms with Gasteiger partial charge in [-0.25, -0.2) is 0 Å². The Morgan fingerprint density at radius 1 is 0.686 bits per heavy atom. The van der Waals surface area contributed by atoms with E-state index in [-0.39, 0.29) is 22.9 Å². The van der Waals surface area contributed by atoms with Gasteiger partial charge in [-0.05, 0) is 43.3 Å². The van der Waals surface area contributed by atoms with Gasteiger partial charge in [-0.15, -0.1) is 0 Å². The summed E-state index contributed by atoms with van der Waals surface area (Å²) in [7, 11) is -2.38. The second kappa shape index (κ2) is 9.44. The van der Waals surface area contributed by atoms with E-state index >= 15 is 0 Å². The van der Waals surface area contributed by atoms with Gasteiger partial charge in [-0.2, -0.15) is 0 Å². The van der Waals surface area contributed by atoms with Gasteiger partial charge in [-0.3, -0.25) is 9.59 Å². The van der Waals surface area contributed by atoms with Crippen molar-refractivity contribution in [2.45, 2.75) is 6.92 Å². The number of ketones is 2. The number of fused-ring (bicyclic) bond motifs is 1. The molecular formula is C31H26O3P+. The normalized spacial score (nSPS) is 14.0. The molecule has 1 aliphatic rings. The lowest BCUT2D eigenvalue weighted by molar-refractivity contribution is -0.119. The summed E-state index contributed by atoms with van der Waals surface area (Å²) in [5.41, 5.74) is 1.17. The van der Waals surface area contributed by atoms with Crippen LogP contribution in [0.15, 0.2) is 121 Å². The lowest BCUT2D eigenvalue weighted by Gasteiger charge is -2.30. The van der Waals surface area contributed by atoms with Gasteiger partial charge in [0, 0.05) is 11.1 Å². The number of aliphatic hydroxyl groups is 1. The average molecular weight is 478 g/mol. The highest BCUT2D eigenvalue weighted by atomic mass is 31.2. The molecule has 0 spiro atoms. The molecule has 0 aliphatic heterocycles. The maximum Gasteiger partial charge on any atom is 0.194 e. The fourth-order valence-corrected chi connectivity index (χ4v) is 9.67. The first-order chi connectivity index (χ1) is 17.0. The monoisotopic (exact) mass is 477 g/mol. The Morgan fingerprint density at radius 3 is 1.49 bits per heavy atom. The molecule has 4 aromatic rings. The molecular weight excluding hydrogens is 451 g/mol. The van der Waals surface area contributed by atoms with Crippen molar-refractivity contribution < 1.29 is 14.7 Å². The van der Waals surface area contributed by atoms with E-state index in [2.05, 4.69) is 36.4 Å². The fraction of sp³-hybridized carbons (Fsp3) is 0.0968. The molecule has 1 atom stereocenters. The number of carbonyl (C=O) groups is 2. The van der Waals surface area contributed by atoms with Crippen LogP contribution < -0.4 is 15.9 Å². The zero-order valence-electron chi connectivity index (χ0n) is 19.5. The van der Waals surface area contributed by atoms with E-state index in [1.165, 1.54) is 6.92 Å². The van der Waals surface area contributed by atoms with Crippen LogP contribution in [0.1, 0.15) is 22.8 Å². The van der Waals surface area contributed by atoms with Crippen LogP contribution in [0.3, 0.4) is 0 Å². The zero-order chi connectivity index (χ0) is 24.4. The van der Waals surface area contributed by atoms with Crippen molar-refractivity contribution in [3.05, 3.63) is 132 Å². The number of hydrogen-bond acceptors (Lipinski definition) is 3. The fourth-order valence-electron chi connectivity index (χ4n) is 5.12. The molecule has 0 aromatic heterocycles. The lowest BCUT2D eigenvalue weighted by Crippen LogP contribution is -2.38. The Balaban J connectivity index is 1.76. The van der Waals surface area contributed by atoms with E-state index in [0.29, 0.717) is 17.3 Å². The number of benzene rings is 4. The molecule has 1 N–H and O–H groups in total. The van der Waals surface area contributed by atoms with Crippen LogP contribution in [0, 0.1) is 5.92 Å². The van der Waals surface area contributed by atoms with E-state index in [1.807, 2.05) is 54.6 Å². The number of rotatable bonds is 7. The van der Waals surface area contributed by atoms with Gasteiger partial charge in [0.05, 0.1) is 17.7 Å². The summed E-state index contributed by atoms with van der Waals surface area (Å²) in [6.07, 6.45) is 0.416. The van der Waals surface area contributed by atoms with E-state index in [9.17, 15) is 14.7 Å². The third-order valence-electron chi connectivity index (χ3n) is 6.81. The van der Waals surface area contributed by atoms with Crippen molar-refractivity contribution in [2.24, 2.45) is 5.92 Å². The minimum absolute atomic E-state index is 0.0712. The largest absolute Gasteiger partial charge is 0.507 e. The molecule has 3 nitrogen and oxygen atoms in total. The van der Waals surface area contributed by atoms with Crippen LogP contribution in [-0.4, -0.2) is 22.8 Å². The van der Waals surface area contributed by atoms with Gasteiger partial charge < -0.3 is 5.11 Å². The minimum atomic E-state index is -2.38. The van der Waals surface area contributed by atoms with Gasteiger partial charge in [0.1, 0.15) is 34.7 Å². The predicted molar refractivity (Wildman–Crippen MR) is 145 cm³/mol. The molecule has 0 saturated heterocycles. The molecule has 0 bridgehead atoms. The van der Waals surface area contributed by atoms with Gasteiger partial charge in [-0.1, -0.05) is 78.9 Å². The Bertz CT molecular complexity index is 1310. The summed E-state index contributed by atoms with van der Waals surface area (Å²) in [4.78, 5) is 26.8. The summed E-state index contributed by atoms with van der Waals surface area (Å²) in [6, 6.07) is 37.8. The smallest absolute Gasteiger partial charge is 0.194 e. The highest BCUT2D eigenvalue weighted by Crippen LogP contribution is 2.58. The number of allylic oxidation sites excluding steroid dienone is 1. The van der Waals surface area contributed by atoms with Crippen LogP contribution in [0.5, 0.6) is 0 Å². The topological polar surface area (TPSA) is 54.4 Å². The van der Waals surface area contributed by atoms with Crippen molar-refractivity contribution in [3.63, 3.8) is 0 Å². The molecule has 0 amide bonds.